The number of primary amides is 1. The fraction of sp³-hybridized carbons (Fsp3) is 0.435. The average molecular weight is 457 g/mol. The van der Waals surface area contributed by atoms with Gasteiger partial charge in [-0.15, -0.1) is 0 Å². The van der Waals surface area contributed by atoms with Gasteiger partial charge in [0.05, 0.1) is 17.7 Å². The van der Waals surface area contributed by atoms with Crippen LogP contribution in [0.3, 0.4) is 0 Å². The zero-order valence-electron chi connectivity index (χ0n) is 18.7. The van der Waals surface area contributed by atoms with Crippen LogP contribution in [-0.2, 0) is 14.4 Å². The first kappa shape index (κ1) is 23.0. The van der Waals surface area contributed by atoms with Gasteiger partial charge in [-0.25, -0.2) is 0 Å². The van der Waals surface area contributed by atoms with Crippen LogP contribution < -0.4 is 11.1 Å². The number of ketones is 2. The second-order valence-electron chi connectivity index (χ2n) is 9.08. The molecule has 7 N–H and O–H groups in total. The quantitative estimate of drug-likeness (QED) is 0.334. The van der Waals surface area contributed by atoms with E-state index in [-0.39, 0.29) is 16.9 Å². The first-order valence-corrected chi connectivity index (χ1v) is 10.5. The summed E-state index contributed by atoms with van der Waals surface area (Å²) in [4.78, 5) is 40.9. The summed E-state index contributed by atoms with van der Waals surface area (Å²) in [5, 5.41) is 47.0. The normalized spacial score (nSPS) is 33.7. The number of aliphatic hydroxyl groups excluding tert-OH is 3. The van der Waals surface area contributed by atoms with Crippen molar-refractivity contribution in [3.8, 4) is 5.75 Å². The number of phenols is 1. The van der Waals surface area contributed by atoms with Gasteiger partial charge in [0.25, 0.3) is 5.91 Å². The van der Waals surface area contributed by atoms with Crippen LogP contribution in [0, 0.1) is 11.8 Å². The number of nitrogens with zero attached hydrogens (tertiary/aromatic N) is 1. The third-order valence-electron chi connectivity index (χ3n) is 7.43. The van der Waals surface area contributed by atoms with E-state index in [2.05, 4.69) is 5.32 Å². The van der Waals surface area contributed by atoms with Gasteiger partial charge in [-0.3, -0.25) is 19.3 Å². The third-order valence-corrected chi connectivity index (χ3v) is 7.43. The Labute approximate surface area is 190 Å². The summed E-state index contributed by atoms with van der Waals surface area (Å²) >= 11 is 0. The standard InChI is InChI=1S/C23H27N3O7/c1-8-9-6-5-7-10(27)12(9)17(28)13-11(8)18(29)15-16(26(3)4)19(30)14(22(24)33)21(32)23(15,25-2)20(13)31/h5-8,11,15-16,18,25,27-29,32H,1-4H3,(H2,24,33)/t8-,11?,15-,16-,18+,23-/m0/s1. The first-order valence-electron chi connectivity index (χ1n) is 10.5. The molecule has 3 aliphatic rings. The van der Waals surface area contributed by atoms with Crippen LogP contribution in [0.2, 0.25) is 0 Å². The lowest BCUT2D eigenvalue weighted by Crippen LogP contribution is -2.74. The lowest BCUT2D eigenvalue weighted by atomic mass is 9.53. The van der Waals surface area contributed by atoms with Gasteiger partial charge in [-0.2, -0.15) is 0 Å². The van der Waals surface area contributed by atoms with Crippen LogP contribution in [-0.4, -0.2) is 81.6 Å². The molecule has 1 amide bonds. The van der Waals surface area contributed by atoms with Crippen LogP contribution in [0.25, 0.3) is 5.76 Å². The van der Waals surface area contributed by atoms with E-state index in [1.165, 1.54) is 18.0 Å². The molecule has 10 nitrogen and oxygen atoms in total. The highest BCUT2D eigenvalue weighted by Gasteiger charge is 2.68. The van der Waals surface area contributed by atoms with Crippen molar-refractivity contribution in [2.75, 3.05) is 21.1 Å². The smallest absolute Gasteiger partial charge is 0.255 e. The maximum atomic E-state index is 14.1. The van der Waals surface area contributed by atoms with E-state index in [9.17, 15) is 34.8 Å². The zero-order valence-corrected chi connectivity index (χ0v) is 18.7. The Morgan fingerprint density at radius 2 is 1.82 bits per heavy atom. The Morgan fingerprint density at radius 1 is 1.18 bits per heavy atom. The molecule has 0 spiro atoms. The van der Waals surface area contributed by atoms with Gasteiger partial charge in [-0.05, 0) is 38.7 Å². The molecule has 0 radical (unpaired) electrons. The molecule has 1 aromatic carbocycles. The van der Waals surface area contributed by atoms with E-state index in [1.54, 1.807) is 33.2 Å². The number of amides is 1. The summed E-state index contributed by atoms with van der Waals surface area (Å²) in [6.07, 6.45) is -1.40. The highest BCUT2D eigenvalue weighted by molar-refractivity contribution is 6.25. The molecule has 0 heterocycles. The van der Waals surface area contributed by atoms with Crippen molar-refractivity contribution in [1.29, 1.82) is 0 Å². The number of nitrogens with one attached hydrogen (secondary N) is 1. The molecule has 4 rings (SSSR count). The van der Waals surface area contributed by atoms with Crippen LogP contribution in [0.5, 0.6) is 5.75 Å². The van der Waals surface area contributed by atoms with Crippen LogP contribution in [0.1, 0.15) is 24.0 Å². The number of benzene rings is 1. The molecule has 0 aromatic heterocycles. The lowest BCUT2D eigenvalue weighted by molar-refractivity contribution is -0.145. The number of likely N-dealkylation sites (N-methyl/N-ethyl adjacent to an activating group) is 2. The number of aliphatic hydroxyl groups is 3. The lowest BCUT2D eigenvalue weighted by Gasteiger charge is -2.55. The van der Waals surface area contributed by atoms with E-state index >= 15 is 0 Å². The van der Waals surface area contributed by atoms with Crippen molar-refractivity contribution in [2.24, 2.45) is 17.6 Å². The molecule has 176 valence electrons. The molecule has 1 saturated carbocycles. The monoisotopic (exact) mass is 457 g/mol. The van der Waals surface area contributed by atoms with Crippen molar-refractivity contribution < 1.29 is 34.8 Å². The van der Waals surface area contributed by atoms with Gasteiger partial charge in [0.2, 0.25) is 0 Å². The number of nitrogens with two attached hydrogens (primary N) is 1. The SMILES string of the molecule is CN[C@]12C(=O)C3=C(O)c4c(O)cccc4[C@H](C)C3[C@@H](O)[C@@H]1[C@H](N(C)C)C(=O)C(C(N)=O)=C2O. The Kier molecular flexibility index (Phi) is 5.15. The van der Waals surface area contributed by atoms with Crippen molar-refractivity contribution in [1.82, 2.24) is 10.2 Å². The molecule has 3 aliphatic carbocycles. The molecule has 1 unspecified atom stereocenters. The van der Waals surface area contributed by atoms with E-state index in [0.717, 1.165) is 0 Å². The highest BCUT2D eigenvalue weighted by Crippen LogP contribution is 2.55. The Morgan fingerprint density at radius 3 is 2.36 bits per heavy atom. The summed E-state index contributed by atoms with van der Waals surface area (Å²) < 4.78 is 0. The van der Waals surface area contributed by atoms with Crippen molar-refractivity contribution in [3.05, 3.63) is 46.2 Å². The minimum absolute atomic E-state index is 0.0659. The number of hydrogen-bond donors (Lipinski definition) is 6. The second kappa shape index (κ2) is 7.41. The van der Waals surface area contributed by atoms with Gasteiger partial charge in [0, 0.05) is 17.4 Å². The average Bonchev–Trinajstić information content (AvgIpc) is 2.73. The van der Waals surface area contributed by atoms with E-state index in [4.69, 9.17) is 5.73 Å². The van der Waals surface area contributed by atoms with E-state index < -0.39 is 70.0 Å². The predicted octanol–water partition coefficient (Wildman–Crippen LogP) is -0.277. The molecule has 0 saturated heterocycles. The number of Topliss-reactive ketones (excluding diaryl/α,β-unsaturated/α-hetero) is 2. The molecule has 10 heteroatoms. The maximum absolute atomic E-state index is 14.1. The Bertz CT molecular complexity index is 1150. The summed E-state index contributed by atoms with van der Waals surface area (Å²) in [6, 6.07) is 3.48. The summed E-state index contributed by atoms with van der Waals surface area (Å²) in [5.74, 6) is -7.12. The topological polar surface area (TPSA) is 173 Å². The highest BCUT2D eigenvalue weighted by atomic mass is 16.3. The van der Waals surface area contributed by atoms with Gasteiger partial charge < -0.3 is 31.5 Å². The summed E-state index contributed by atoms with van der Waals surface area (Å²) in [6.45, 7) is 1.75. The fourth-order valence-corrected chi connectivity index (χ4v) is 6.01. The number of carbonyl (C=O) groups is 3. The Balaban J connectivity index is 2.10. The number of rotatable bonds is 3. The Hall–Kier alpha value is -3.21. The largest absolute Gasteiger partial charge is 0.509 e. The van der Waals surface area contributed by atoms with Crippen molar-refractivity contribution in [3.63, 3.8) is 0 Å². The fourth-order valence-electron chi connectivity index (χ4n) is 6.01. The van der Waals surface area contributed by atoms with Gasteiger partial charge in [0.15, 0.2) is 11.6 Å². The molecular formula is C23H27N3O7. The minimum Gasteiger partial charge on any atom is -0.509 e. The number of carbonyl (C=O) groups excluding carboxylic acids is 3. The van der Waals surface area contributed by atoms with Crippen LogP contribution in [0.4, 0.5) is 0 Å². The predicted molar refractivity (Wildman–Crippen MR) is 117 cm³/mol. The van der Waals surface area contributed by atoms with E-state index in [1.807, 2.05) is 0 Å². The number of aromatic hydroxyl groups is 1. The molecule has 1 aromatic rings. The third kappa shape index (κ3) is 2.68. The summed E-state index contributed by atoms with van der Waals surface area (Å²) in [5.41, 5.74) is 2.97. The maximum Gasteiger partial charge on any atom is 0.255 e. The van der Waals surface area contributed by atoms with Crippen molar-refractivity contribution in [2.45, 2.75) is 30.5 Å². The number of fused-ring (bicyclic) bond motifs is 3. The second-order valence-corrected chi connectivity index (χ2v) is 9.08. The van der Waals surface area contributed by atoms with E-state index in [0.29, 0.717) is 5.56 Å². The zero-order chi connectivity index (χ0) is 24.6. The number of hydrogen-bond acceptors (Lipinski definition) is 9. The number of phenolic OH excluding ortho intramolecular Hbond substituents is 1. The summed E-state index contributed by atoms with van der Waals surface area (Å²) in [7, 11) is 4.47. The van der Waals surface area contributed by atoms with Crippen molar-refractivity contribution >= 4 is 23.2 Å². The van der Waals surface area contributed by atoms with Gasteiger partial charge in [0.1, 0.15) is 28.4 Å². The molecular weight excluding hydrogens is 430 g/mol. The van der Waals surface area contributed by atoms with Crippen LogP contribution >= 0.6 is 0 Å². The van der Waals surface area contributed by atoms with Gasteiger partial charge >= 0.3 is 0 Å². The molecule has 1 fully saturated rings. The molecule has 6 atom stereocenters. The molecule has 0 aliphatic heterocycles. The minimum atomic E-state index is -2.10. The van der Waals surface area contributed by atoms with Crippen LogP contribution in [0.15, 0.2) is 35.1 Å². The first-order chi connectivity index (χ1) is 15.4. The molecule has 33 heavy (non-hydrogen) atoms. The molecule has 0 bridgehead atoms. The van der Waals surface area contributed by atoms with Gasteiger partial charge in [-0.1, -0.05) is 19.1 Å².